The van der Waals surface area contributed by atoms with Crippen LogP contribution in [0.25, 0.3) is 0 Å². The quantitative estimate of drug-likeness (QED) is 0.807. The van der Waals surface area contributed by atoms with Gasteiger partial charge in [-0.3, -0.25) is 4.79 Å². The third-order valence-corrected chi connectivity index (χ3v) is 4.84. The van der Waals surface area contributed by atoms with E-state index in [0.717, 1.165) is 43.2 Å². The van der Waals surface area contributed by atoms with Crippen molar-refractivity contribution in [3.05, 3.63) is 54.6 Å². The standard InChI is InChI=1S/C23H30N4O2/c1-23(2,3)17-21(28)27-15-13-26(14-16-27)20-11-9-19(10-12-20)25-22(29)24-18-7-5-4-6-8-18/h4-12H,13-17H2,1-3H3,(H2,24,25,29). The second-order valence-corrected chi connectivity index (χ2v) is 8.60. The van der Waals surface area contributed by atoms with Gasteiger partial charge in [0, 0.05) is 49.7 Å². The van der Waals surface area contributed by atoms with Gasteiger partial charge in [-0.05, 0) is 41.8 Å². The van der Waals surface area contributed by atoms with Crippen molar-refractivity contribution in [1.29, 1.82) is 0 Å². The van der Waals surface area contributed by atoms with Crippen LogP contribution >= 0.6 is 0 Å². The van der Waals surface area contributed by atoms with Gasteiger partial charge >= 0.3 is 6.03 Å². The van der Waals surface area contributed by atoms with Crippen LogP contribution in [0.4, 0.5) is 21.9 Å². The molecule has 29 heavy (non-hydrogen) atoms. The molecule has 0 unspecified atom stereocenters. The van der Waals surface area contributed by atoms with Gasteiger partial charge in [0.05, 0.1) is 0 Å². The first kappa shape index (κ1) is 20.7. The second-order valence-electron chi connectivity index (χ2n) is 8.60. The molecule has 2 aromatic carbocycles. The van der Waals surface area contributed by atoms with Gasteiger partial charge in [0.1, 0.15) is 0 Å². The Kier molecular flexibility index (Phi) is 6.42. The van der Waals surface area contributed by atoms with E-state index in [0.29, 0.717) is 6.42 Å². The van der Waals surface area contributed by atoms with E-state index in [4.69, 9.17) is 0 Å². The Bertz CT molecular complexity index is 820. The Morgan fingerprint density at radius 3 is 1.93 bits per heavy atom. The van der Waals surface area contributed by atoms with Crippen LogP contribution in [0.1, 0.15) is 27.2 Å². The molecule has 1 aliphatic rings. The van der Waals surface area contributed by atoms with Gasteiger partial charge < -0.3 is 20.4 Å². The lowest BCUT2D eigenvalue weighted by Gasteiger charge is -2.37. The topological polar surface area (TPSA) is 64.7 Å². The van der Waals surface area contributed by atoms with Crippen LogP contribution < -0.4 is 15.5 Å². The molecule has 1 fully saturated rings. The van der Waals surface area contributed by atoms with Crippen molar-refractivity contribution < 1.29 is 9.59 Å². The molecular weight excluding hydrogens is 364 g/mol. The molecule has 0 bridgehead atoms. The molecule has 6 heteroatoms. The number of piperazine rings is 1. The number of benzene rings is 2. The lowest BCUT2D eigenvalue weighted by molar-refractivity contribution is -0.133. The number of carbonyl (C=O) groups excluding carboxylic acids is 2. The van der Waals surface area contributed by atoms with E-state index in [1.54, 1.807) is 0 Å². The van der Waals surface area contributed by atoms with Gasteiger partial charge in [-0.25, -0.2) is 4.79 Å². The highest BCUT2D eigenvalue weighted by atomic mass is 16.2. The van der Waals surface area contributed by atoms with E-state index < -0.39 is 0 Å². The summed E-state index contributed by atoms with van der Waals surface area (Å²) >= 11 is 0. The highest BCUT2D eigenvalue weighted by Gasteiger charge is 2.24. The minimum Gasteiger partial charge on any atom is -0.368 e. The SMILES string of the molecule is CC(C)(C)CC(=O)N1CCN(c2ccc(NC(=O)Nc3ccccc3)cc2)CC1. The Morgan fingerprint density at radius 2 is 1.38 bits per heavy atom. The average Bonchev–Trinajstić information content (AvgIpc) is 2.68. The van der Waals surface area contributed by atoms with Crippen molar-refractivity contribution in [3.63, 3.8) is 0 Å². The summed E-state index contributed by atoms with van der Waals surface area (Å²) < 4.78 is 0. The molecule has 0 aromatic heterocycles. The number of para-hydroxylation sites is 1. The third-order valence-electron chi connectivity index (χ3n) is 4.84. The molecule has 0 aliphatic carbocycles. The fraction of sp³-hybridized carbons (Fsp3) is 0.391. The van der Waals surface area contributed by atoms with Crippen LogP contribution in [0, 0.1) is 5.41 Å². The van der Waals surface area contributed by atoms with Crippen LogP contribution in [-0.2, 0) is 4.79 Å². The van der Waals surface area contributed by atoms with Crippen molar-refractivity contribution in [2.45, 2.75) is 27.2 Å². The maximum Gasteiger partial charge on any atom is 0.323 e. The molecule has 1 heterocycles. The van der Waals surface area contributed by atoms with Crippen LogP contribution in [0.15, 0.2) is 54.6 Å². The van der Waals surface area contributed by atoms with E-state index >= 15 is 0 Å². The smallest absolute Gasteiger partial charge is 0.323 e. The van der Waals surface area contributed by atoms with Crippen LogP contribution in [0.3, 0.4) is 0 Å². The summed E-state index contributed by atoms with van der Waals surface area (Å²) in [4.78, 5) is 28.7. The van der Waals surface area contributed by atoms with Crippen molar-refractivity contribution in [2.24, 2.45) is 5.41 Å². The second kappa shape index (κ2) is 8.99. The van der Waals surface area contributed by atoms with Crippen molar-refractivity contribution in [1.82, 2.24) is 4.90 Å². The lowest BCUT2D eigenvalue weighted by atomic mass is 9.91. The first-order valence-electron chi connectivity index (χ1n) is 10.1. The summed E-state index contributed by atoms with van der Waals surface area (Å²) in [6.07, 6.45) is 0.582. The molecule has 2 N–H and O–H groups in total. The van der Waals surface area contributed by atoms with E-state index in [1.165, 1.54) is 0 Å². The van der Waals surface area contributed by atoms with Crippen LogP contribution in [0.5, 0.6) is 0 Å². The number of nitrogens with zero attached hydrogens (tertiary/aromatic N) is 2. The summed E-state index contributed by atoms with van der Waals surface area (Å²) in [6.45, 7) is 9.40. The largest absolute Gasteiger partial charge is 0.368 e. The zero-order chi connectivity index (χ0) is 20.9. The van der Waals surface area contributed by atoms with Gasteiger partial charge in [-0.1, -0.05) is 39.0 Å². The molecule has 154 valence electrons. The zero-order valence-electron chi connectivity index (χ0n) is 17.4. The van der Waals surface area contributed by atoms with Gasteiger partial charge in [-0.2, -0.15) is 0 Å². The number of hydrogen-bond acceptors (Lipinski definition) is 3. The molecule has 3 rings (SSSR count). The van der Waals surface area contributed by atoms with Crippen LogP contribution in [0.2, 0.25) is 0 Å². The number of anilines is 3. The van der Waals surface area contributed by atoms with Crippen molar-refractivity contribution in [3.8, 4) is 0 Å². The average molecular weight is 395 g/mol. The normalized spacial score (nSPS) is 14.4. The predicted octanol–water partition coefficient (Wildman–Crippen LogP) is 4.42. The minimum atomic E-state index is -0.269. The Balaban J connectivity index is 1.49. The minimum absolute atomic E-state index is 0.0177. The third kappa shape index (κ3) is 6.24. The first-order chi connectivity index (χ1) is 13.8. The van der Waals surface area contributed by atoms with E-state index in [2.05, 4.69) is 36.3 Å². The molecule has 1 saturated heterocycles. The number of hydrogen-bond donors (Lipinski definition) is 2. The maximum absolute atomic E-state index is 12.4. The number of urea groups is 1. The van der Waals surface area contributed by atoms with E-state index in [1.807, 2.05) is 59.5 Å². The number of nitrogens with one attached hydrogen (secondary N) is 2. The van der Waals surface area contributed by atoms with Gasteiger partial charge in [0.2, 0.25) is 5.91 Å². The summed E-state index contributed by atoms with van der Waals surface area (Å²) in [5.41, 5.74) is 2.60. The Morgan fingerprint density at radius 1 is 0.828 bits per heavy atom. The monoisotopic (exact) mass is 394 g/mol. The van der Waals surface area contributed by atoms with Gasteiger partial charge in [0.25, 0.3) is 0 Å². The molecule has 2 aromatic rings. The predicted molar refractivity (Wildman–Crippen MR) is 118 cm³/mol. The van der Waals surface area contributed by atoms with Gasteiger partial charge in [-0.15, -0.1) is 0 Å². The highest BCUT2D eigenvalue weighted by Crippen LogP contribution is 2.23. The molecular formula is C23H30N4O2. The molecule has 6 nitrogen and oxygen atoms in total. The first-order valence-corrected chi connectivity index (χ1v) is 10.1. The maximum atomic E-state index is 12.4. The van der Waals surface area contributed by atoms with Crippen molar-refractivity contribution in [2.75, 3.05) is 41.7 Å². The molecule has 1 aliphatic heterocycles. The zero-order valence-corrected chi connectivity index (χ0v) is 17.4. The Labute approximate surface area is 172 Å². The molecule has 0 radical (unpaired) electrons. The number of carbonyl (C=O) groups is 2. The van der Waals surface area contributed by atoms with Crippen LogP contribution in [-0.4, -0.2) is 43.0 Å². The molecule has 0 saturated carbocycles. The summed E-state index contributed by atoms with van der Waals surface area (Å²) in [5, 5.41) is 5.64. The molecule has 0 atom stereocenters. The number of amides is 3. The summed E-state index contributed by atoms with van der Waals surface area (Å²) in [6, 6.07) is 16.9. The Hall–Kier alpha value is -3.02. The van der Waals surface area contributed by atoms with Gasteiger partial charge in [0.15, 0.2) is 0 Å². The summed E-state index contributed by atoms with van der Waals surface area (Å²) in [5.74, 6) is 0.237. The van der Waals surface area contributed by atoms with E-state index in [-0.39, 0.29) is 17.4 Å². The van der Waals surface area contributed by atoms with E-state index in [9.17, 15) is 9.59 Å². The fourth-order valence-corrected chi connectivity index (χ4v) is 3.35. The van der Waals surface area contributed by atoms with Crippen molar-refractivity contribution >= 4 is 29.0 Å². The molecule has 3 amide bonds. The lowest BCUT2D eigenvalue weighted by Crippen LogP contribution is -2.49. The summed E-state index contributed by atoms with van der Waals surface area (Å²) in [7, 11) is 0. The fourth-order valence-electron chi connectivity index (χ4n) is 3.35. The molecule has 0 spiro atoms. The highest BCUT2D eigenvalue weighted by molar-refractivity contribution is 5.99. The number of rotatable bonds is 4.